The summed E-state index contributed by atoms with van der Waals surface area (Å²) in [5.41, 5.74) is 0.845. The van der Waals surface area contributed by atoms with Crippen molar-refractivity contribution >= 4 is 21.8 Å². The van der Waals surface area contributed by atoms with E-state index in [1.807, 2.05) is 25.1 Å². The quantitative estimate of drug-likeness (QED) is 0.632. The van der Waals surface area contributed by atoms with Crippen LogP contribution in [0.25, 0.3) is 0 Å². The summed E-state index contributed by atoms with van der Waals surface area (Å²) in [5, 5.41) is 13.8. The normalized spacial score (nSPS) is 12.1. The Morgan fingerprint density at radius 3 is 2.76 bits per heavy atom. The van der Waals surface area contributed by atoms with Gasteiger partial charge in [-0.2, -0.15) is 0 Å². The molecule has 0 aliphatic carbocycles. The Balaban J connectivity index is 2.44. The zero-order chi connectivity index (χ0) is 15.4. The summed E-state index contributed by atoms with van der Waals surface area (Å²) in [7, 11) is 1.76. The summed E-state index contributed by atoms with van der Waals surface area (Å²) in [5.74, 6) is 0.889. The van der Waals surface area contributed by atoms with E-state index in [4.69, 9.17) is 9.15 Å². The minimum atomic E-state index is -0.555. The zero-order valence-electron chi connectivity index (χ0n) is 11.6. The molecule has 1 aromatic heterocycles. The molecule has 0 fully saturated rings. The summed E-state index contributed by atoms with van der Waals surface area (Å²) < 4.78 is 11.8. The Morgan fingerprint density at radius 2 is 2.19 bits per heavy atom. The van der Waals surface area contributed by atoms with Crippen molar-refractivity contribution in [1.29, 1.82) is 0 Å². The van der Waals surface area contributed by atoms with Gasteiger partial charge in [0.15, 0.2) is 0 Å². The number of halogens is 1. The fraction of sp³-hybridized carbons (Fsp3) is 0.286. The maximum Gasteiger partial charge on any atom is 0.433 e. The van der Waals surface area contributed by atoms with E-state index in [9.17, 15) is 10.1 Å². The van der Waals surface area contributed by atoms with Gasteiger partial charge >= 0.3 is 5.88 Å². The Morgan fingerprint density at radius 1 is 1.43 bits per heavy atom. The van der Waals surface area contributed by atoms with Crippen molar-refractivity contribution in [3.63, 3.8) is 0 Å². The molecule has 21 heavy (non-hydrogen) atoms. The summed E-state index contributed by atoms with van der Waals surface area (Å²) in [6.07, 6.45) is 0. The smallest absolute Gasteiger partial charge is 0.433 e. The van der Waals surface area contributed by atoms with E-state index < -0.39 is 4.92 Å². The van der Waals surface area contributed by atoms with Gasteiger partial charge in [0, 0.05) is 10.0 Å². The van der Waals surface area contributed by atoms with E-state index in [2.05, 4.69) is 21.2 Å². The maximum atomic E-state index is 10.7. The van der Waals surface area contributed by atoms with Crippen LogP contribution in [0.5, 0.6) is 5.75 Å². The van der Waals surface area contributed by atoms with Crippen LogP contribution in [-0.4, -0.2) is 18.6 Å². The number of ether oxygens (including phenoxy) is 1. The molecule has 1 heterocycles. The van der Waals surface area contributed by atoms with Crippen molar-refractivity contribution in [2.24, 2.45) is 0 Å². The third-order valence-electron chi connectivity index (χ3n) is 2.95. The van der Waals surface area contributed by atoms with E-state index in [1.54, 1.807) is 13.1 Å². The molecule has 1 N–H and O–H groups in total. The highest BCUT2D eigenvalue weighted by Crippen LogP contribution is 2.34. The molecule has 7 heteroatoms. The molecule has 0 radical (unpaired) electrons. The maximum absolute atomic E-state index is 10.7. The molecule has 1 unspecified atom stereocenters. The van der Waals surface area contributed by atoms with Crippen LogP contribution in [0, 0.1) is 10.1 Å². The van der Waals surface area contributed by atoms with Crippen LogP contribution in [0.1, 0.15) is 24.3 Å². The van der Waals surface area contributed by atoms with Gasteiger partial charge in [0.1, 0.15) is 16.4 Å². The Bertz CT molecular complexity index is 642. The summed E-state index contributed by atoms with van der Waals surface area (Å²) >= 11 is 3.42. The first-order valence-corrected chi connectivity index (χ1v) is 7.19. The molecule has 1 atom stereocenters. The SMILES string of the molecule is CCOc1ccc(Br)cc1C(NC)c1ccc([N+](=O)[O-])o1. The van der Waals surface area contributed by atoms with Crippen molar-refractivity contribution in [2.75, 3.05) is 13.7 Å². The van der Waals surface area contributed by atoms with Crippen LogP contribution in [0.3, 0.4) is 0 Å². The highest BCUT2D eigenvalue weighted by Gasteiger charge is 2.23. The van der Waals surface area contributed by atoms with Crippen LogP contribution in [0.15, 0.2) is 39.2 Å². The Kier molecular flexibility index (Phi) is 4.98. The lowest BCUT2D eigenvalue weighted by atomic mass is 10.0. The molecule has 0 spiro atoms. The van der Waals surface area contributed by atoms with E-state index >= 15 is 0 Å². The number of furan rings is 1. The van der Waals surface area contributed by atoms with Crippen LogP contribution >= 0.6 is 15.9 Å². The number of rotatable bonds is 6. The van der Waals surface area contributed by atoms with Crippen molar-refractivity contribution < 1.29 is 14.1 Å². The van der Waals surface area contributed by atoms with Gasteiger partial charge in [-0.05, 0) is 38.2 Å². The highest BCUT2D eigenvalue weighted by molar-refractivity contribution is 9.10. The fourth-order valence-corrected chi connectivity index (χ4v) is 2.46. The van der Waals surface area contributed by atoms with Gasteiger partial charge in [0.25, 0.3) is 0 Å². The number of nitrogens with zero attached hydrogens (tertiary/aromatic N) is 1. The first kappa shape index (κ1) is 15.5. The molecular weight excluding hydrogens is 340 g/mol. The van der Waals surface area contributed by atoms with Gasteiger partial charge in [-0.3, -0.25) is 10.1 Å². The molecule has 112 valence electrons. The van der Waals surface area contributed by atoms with Crippen LogP contribution in [0.4, 0.5) is 5.88 Å². The molecule has 0 aliphatic heterocycles. The Hall–Kier alpha value is -1.86. The van der Waals surface area contributed by atoms with Crippen LogP contribution < -0.4 is 10.1 Å². The van der Waals surface area contributed by atoms with Crippen molar-refractivity contribution in [1.82, 2.24) is 5.32 Å². The van der Waals surface area contributed by atoms with E-state index in [-0.39, 0.29) is 11.9 Å². The van der Waals surface area contributed by atoms with E-state index in [1.165, 1.54) is 6.07 Å². The highest BCUT2D eigenvalue weighted by atomic mass is 79.9. The molecule has 0 saturated heterocycles. The van der Waals surface area contributed by atoms with Gasteiger partial charge in [0.05, 0.1) is 18.7 Å². The second-order valence-electron chi connectivity index (χ2n) is 4.27. The van der Waals surface area contributed by atoms with Gasteiger partial charge in [0.2, 0.25) is 0 Å². The minimum Gasteiger partial charge on any atom is -0.494 e. The summed E-state index contributed by atoms with van der Waals surface area (Å²) in [6.45, 7) is 2.43. The molecule has 0 bridgehead atoms. The monoisotopic (exact) mass is 354 g/mol. The van der Waals surface area contributed by atoms with Crippen molar-refractivity contribution in [2.45, 2.75) is 13.0 Å². The molecule has 2 rings (SSSR count). The minimum absolute atomic E-state index is 0.279. The third kappa shape index (κ3) is 3.43. The average molecular weight is 355 g/mol. The van der Waals surface area contributed by atoms with Gasteiger partial charge in [-0.25, -0.2) is 0 Å². The van der Waals surface area contributed by atoms with Gasteiger partial charge in [-0.1, -0.05) is 15.9 Å². The molecular formula is C14H15BrN2O4. The standard InChI is InChI=1S/C14H15BrN2O4/c1-3-20-11-5-4-9(15)8-10(11)14(16-2)12-6-7-13(21-12)17(18)19/h4-8,14,16H,3H2,1-2H3. The molecule has 0 amide bonds. The number of hydrogen-bond acceptors (Lipinski definition) is 5. The van der Waals surface area contributed by atoms with Crippen LogP contribution in [0.2, 0.25) is 0 Å². The second kappa shape index (κ2) is 6.73. The molecule has 0 aliphatic rings. The Labute approximate surface area is 130 Å². The lowest BCUT2D eigenvalue weighted by molar-refractivity contribution is -0.402. The lowest BCUT2D eigenvalue weighted by Gasteiger charge is -2.18. The zero-order valence-corrected chi connectivity index (χ0v) is 13.2. The topological polar surface area (TPSA) is 77.5 Å². The number of nitro groups is 1. The van der Waals surface area contributed by atoms with Crippen LogP contribution in [-0.2, 0) is 0 Å². The second-order valence-corrected chi connectivity index (χ2v) is 5.19. The molecule has 2 aromatic rings. The first-order chi connectivity index (χ1) is 10.1. The summed E-state index contributed by atoms with van der Waals surface area (Å²) in [6, 6.07) is 8.24. The lowest BCUT2D eigenvalue weighted by Crippen LogP contribution is -2.18. The average Bonchev–Trinajstić information content (AvgIpc) is 2.92. The third-order valence-corrected chi connectivity index (χ3v) is 3.44. The fourth-order valence-electron chi connectivity index (χ4n) is 2.08. The van der Waals surface area contributed by atoms with Gasteiger partial charge in [-0.15, -0.1) is 0 Å². The predicted octanol–water partition coefficient (Wildman–Crippen LogP) is 3.66. The molecule has 0 saturated carbocycles. The largest absolute Gasteiger partial charge is 0.494 e. The predicted molar refractivity (Wildman–Crippen MR) is 81.6 cm³/mol. The van der Waals surface area contributed by atoms with Crippen molar-refractivity contribution in [3.05, 3.63) is 56.2 Å². The number of benzene rings is 1. The van der Waals surface area contributed by atoms with E-state index in [0.717, 1.165) is 10.0 Å². The van der Waals surface area contributed by atoms with Crippen molar-refractivity contribution in [3.8, 4) is 5.75 Å². The number of hydrogen-bond donors (Lipinski definition) is 1. The molecule has 1 aromatic carbocycles. The van der Waals surface area contributed by atoms with Gasteiger partial charge < -0.3 is 14.5 Å². The van der Waals surface area contributed by atoms with E-state index in [0.29, 0.717) is 18.1 Å². The first-order valence-electron chi connectivity index (χ1n) is 6.40. The summed E-state index contributed by atoms with van der Waals surface area (Å²) in [4.78, 5) is 10.2. The molecule has 6 nitrogen and oxygen atoms in total. The number of nitrogens with one attached hydrogen (secondary N) is 1.